The molecule has 4 aromatic rings. The van der Waals surface area contributed by atoms with Crippen molar-refractivity contribution in [2.24, 2.45) is 12.8 Å². The number of carbonyl (C=O) groups is 2. The van der Waals surface area contributed by atoms with Crippen molar-refractivity contribution in [1.29, 1.82) is 0 Å². The van der Waals surface area contributed by atoms with E-state index in [1.807, 2.05) is 78.3 Å². The van der Waals surface area contributed by atoms with Crippen LogP contribution >= 0.6 is 0 Å². The number of hydrogen-bond acceptors (Lipinski definition) is 3. The van der Waals surface area contributed by atoms with Crippen LogP contribution in [0, 0.1) is 0 Å². The smallest absolute Gasteiger partial charge is 0.253 e. The monoisotopic (exact) mass is 401 g/mol. The molecule has 0 bridgehead atoms. The maximum Gasteiger partial charge on any atom is 0.253 e. The van der Waals surface area contributed by atoms with Crippen LogP contribution < -0.4 is 11.1 Å². The minimum absolute atomic E-state index is 0.280. The molecule has 0 fully saturated rings. The summed E-state index contributed by atoms with van der Waals surface area (Å²) in [6.07, 6.45) is -1.22. The minimum Gasteiger partial charge on any atom is -0.381 e. The number of nitrogens with zero attached hydrogens (tertiary/aromatic N) is 1. The number of hydrogen-bond donors (Lipinski definition) is 3. The van der Waals surface area contributed by atoms with Gasteiger partial charge in [-0.25, -0.2) is 0 Å². The summed E-state index contributed by atoms with van der Waals surface area (Å²) in [6.45, 7) is 0. The number of aryl methyl sites for hydroxylation is 1. The van der Waals surface area contributed by atoms with Gasteiger partial charge in [-0.1, -0.05) is 60.7 Å². The topological polar surface area (TPSA) is 97.3 Å². The second-order valence-corrected chi connectivity index (χ2v) is 7.39. The number of nitrogens with two attached hydrogens (primary N) is 1. The van der Waals surface area contributed by atoms with Crippen LogP contribution in [0.15, 0.2) is 72.8 Å². The third-order valence-corrected chi connectivity index (χ3v) is 5.46. The summed E-state index contributed by atoms with van der Waals surface area (Å²) in [5.41, 5.74) is 8.49. The first-order valence-corrected chi connectivity index (χ1v) is 9.75. The van der Waals surface area contributed by atoms with Gasteiger partial charge >= 0.3 is 0 Å². The molecule has 0 aliphatic rings. The highest BCUT2D eigenvalue weighted by Crippen LogP contribution is 2.30. The van der Waals surface area contributed by atoms with Crippen molar-refractivity contribution in [3.05, 3.63) is 83.9 Å². The molecule has 0 spiro atoms. The molecule has 2 amide bonds. The average molecular weight is 401 g/mol. The SMILES string of the molecule is Cn1c2ccccc2c2cccc(C(=O)NC(Cc3ccccc3)C(O)C(N)=O)c21. The fraction of sp³-hybridized carbons (Fsp3) is 0.167. The number of aromatic nitrogens is 1. The van der Waals surface area contributed by atoms with E-state index in [-0.39, 0.29) is 12.3 Å². The maximum atomic E-state index is 13.2. The van der Waals surface area contributed by atoms with Crippen LogP contribution in [0.5, 0.6) is 0 Å². The molecule has 0 saturated carbocycles. The number of benzene rings is 3. The summed E-state index contributed by atoms with van der Waals surface area (Å²) in [5.74, 6) is -1.24. The van der Waals surface area contributed by atoms with Gasteiger partial charge in [-0.15, -0.1) is 0 Å². The molecule has 2 atom stereocenters. The fourth-order valence-electron chi connectivity index (χ4n) is 3.97. The number of para-hydroxylation sites is 2. The van der Waals surface area contributed by atoms with Gasteiger partial charge in [-0.05, 0) is 24.1 Å². The highest BCUT2D eigenvalue weighted by molar-refractivity contribution is 6.15. The molecular formula is C24H23N3O3. The number of aliphatic hydroxyl groups is 1. The van der Waals surface area contributed by atoms with E-state index in [1.54, 1.807) is 6.07 Å². The highest BCUT2D eigenvalue weighted by Gasteiger charge is 2.27. The molecule has 0 radical (unpaired) electrons. The lowest BCUT2D eigenvalue weighted by Crippen LogP contribution is -2.50. The fourth-order valence-corrected chi connectivity index (χ4v) is 3.97. The minimum atomic E-state index is -1.50. The Morgan fingerprint density at radius 2 is 1.63 bits per heavy atom. The summed E-state index contributed by atoms with van der Waals surface area (Å²) in [7, 11) is 1.92. The van der Waals surface area contributed by atoms with Crippen LogP contribution in [0.25, 0.3) is 21.8 Å². The van der Waals surface area contributed by atoms with E-state index >= 15 is 0 Å². The predicted molar refractivity (Wildman–Crippen MR) is 117 cm³/mol. The van der Waals surface area contributed by atoms with Crippen molar-refractivity contribution in [2.45, 2.75) is 18.6 Å². The number of primary amides is 1. The molecule has 6 heteroatoms. The second kappa shape index (κ2) is 8.00. The van der Waals surface area contributed by atoms with Gasteiger partial charge in [0.2, 0.25) is 5.91 Å². The van der Waals surface area contributed by atoms with Gasteiger partial charge in [-0.2, -0.15) is 0 Å². The Balaban J connectivity index is 1.72. The third kappa shape index (κ3) is 3.53. The highest BCUT2D eigenvalue weighted by atomic mass is 16.3. The van der Waals surface area contributed by atoms with Gasteiger partial charge in [0.25, 0.3) is 5.91 Å². The second-order valence-electron chi connectivity index (χ2n) is 7.39. The number of fused-ring (bicyclic) bond motifs is 3. The van der Waals surface area contributed by atoms with Crippen LogP contribution in [0.4, 0.5) is 0 Å². The standard InChI is InChI=1S/C24H23N3O3/c1-27-20-13-6-5-10-16(20)17-11-7-12-18(21(17)27)24(30)26-19(22(28)23(25)29)14-15-8-3-2-4-9-15/h2-13,19,22,28H,14H2,1H3,(H2,25,29)(H,26,30). The summed E-state index contributed by atoms with van der Waals surface area (Å²) < 4.78 is 1.98. The number of aliphatic hydroxyl groups excluding tert-OH is 1. The van der Waals surface area contributed by atoms with Crippen molar-refractivity contribution in [1.82, 2.24) is 9.88 Å². The Morgan fingerprint density at radius 1 is 0.967 bits per heavy atom. The van der Waals surface area contributed by atoms with E-state index in [1.165, 1.54) is 0 Å². The van der Waals surface area contributed by atoms with Gasteiger partial charge in [0, 0.05) is 23.3 Å². The van der Waals surface area contributed by atoms with E-state index < -0.39 is 18.1 Å². The molecule has 0 saturated heterocycles. The maximum absolute atomic E-state index is 13.2. The molecule has 152 valence electrons. The quantitative estimate of drug-likeness (QED) is 0.463. The number of carbonyl (C=O) groups excluding carboxylic acids is 2. The molecule has 1 aromatic heterocycles. The molecule has 0 aliphatic heterocycles. The number of rotatable bonds is 6. The zero-order valence-electron chi connectivity index (χ0n) is 16.6. The van der Waals surface area contributed by atoms with Crippen LogP contribution in [0.2, 0.25) is 0 Å². The van der Waals surface area contributed by atoms with Gasteiger partial charge in [0.15, 0.2) is 6.10 Å². The van der Waals surface area contributed by atoms with E-state index in [0.717, 1.165) is 27.4 Å². The summed E-state index contributed by atoms with van der Waals surface area (Å²) >= 11 is 0. The normalized spacial score (nSPS) is 13.3. The Morgan fingerprint density at radius 3 is 2.37 bits per heavy atom. The van der Waals surface area contributed by atoms with E-state index in [4.69, 9.17) is 5.73 Å². The molecule has 6 nitrogen and oxygen atoms in total. The lowest BCUT2D eigenvalue weighted by Gasteiger charge is -2.22. The first kappa shape index (κ1) is 19.7. The van der Waals surface area contributed by atoms with Crippen molar-refractivity contribution < 1.29 is 14.7 Å². The average Bonchev–Trinajstić information content (AvgIpc) is 3.06. The van der Waals surface area contributed by atoms with Crippen LogP contribution in [-0.4, -0.2) is 33.6 Å². The molecule has 3 aromatic carbocycles. The summed E-state index contributed by atoms with van der Waals surface area (Å²) in [4.78, 5) is 24.9. The van der Waals surface area contributed by atoms with Crippen molar-refractivity contribution in [3.63, 3.8) is 0 Å². The van der Waals surface area contributed by atoms with Gasteiger partial charge < -0.3 is 20.7 Å². The molecule has 1 heterocycles. The van der Waals surface area contributed by atoms with Gasteiger partial charge in [0.05, 0.1) is 17.1 Å². The molecular weight excluding hydrogens is 378 g/mol. The lowest BCUT2D eigenvalue weighted by atomic mass is 10.00. The molecule has 0 aliphatic carbocycles. The Kier molecular flexibility index (Phi) is 5.25. The van der Waals surface area contributed by atoms with Crippen molar-refractivity contribution in [2.75, 3.05) is 0 Å². The van der Waals surface area contributed by atoms with Crippen LogP contribution in [0.1, 0.15) is 15.9 Å². The van der Waals surface area contributed by atoms with E-state index in [9.17, 15) is 14.7 Å². The Hall–Kier alpha value is -3.64. The third-order valence-electron chi connectivity index (χ3n) is 5.46. The first-order chi connectivity index (χ1) is 14.5. The molecule has 4 N–H and O–H groups in total. The predicted octanol–water partition coefficient (Wildman–Crippen LogP) is 2.52. The Labute approximate surface area is 173 Å². The van der Waals surface area contributed by atoms with E-state index in [2.05, 4.69) is 5.32 Å². The van der Waals surface area contributed by atoms with Crippen molar-refractivity contribution in [3.8, 4) is 0 Å². The molecule has 30 heavy (non-hydrogen) atoms. The van der Waals surface area contributed by atoms with E-state index in [0.29, 0.717) is 5.56 Å². The molecule has 4 rings (SSSR count). The number of amides is 2. The largest absolute Gasteiger partial charge is 0.381 e. The summed E-state index contributed by atoms with van der Waals surface area (Å²) in [5, 5.41) is 15.2. The van der Waals surface area contributed by atoms with Crippen LogP contribution in [0.3, 0.4) is 0 Å². The Bertz CT molecular complexity index is 1230. The van der Waals surface area contributed by atoms with Gasteiger partial charge in [-0.3, -0.25) is 9.59 Å². The van der Waals surface area contributed by atoms with Gasteiger partial charge in [0.1, 0.15) is 0 Å². The zero-order chi connectivity index (χ0) is 21.3. The summed E-state index contributed by atoms with van der Waals surface area (Å²) in [6, 6.07) is 22.0. The number of nitrogens with one attached hydrogen (secondary N) is 1. The first-order valence-electron chi connectivity index (χ1n) is 9.75. The van der Waals surface area contributed by atoms with Crippen LogP contribution in [-0.2, 0) is 18.3 Å². The van der Waals surface area contributed by atoms with Crippen molar-refractivity contribution >= 4 is 33.6 Å². The lowest BCUT2D eigenvalue weighted by molar-refractivity contribution is -0.127. The molecule has 2 unspecified atom stereocenters. The zero-order valence-corrected chi connectivity index (χ0v) is 16.6.